The van der Waals surface area contributed by atoms with E-state index in [-0.39, 0.29) is 18.9 Å². The van der Waals surface area contributed by atoms with Gasteiger partial charge in [-0.15, -0.1) is 0 Å². The van der Waals surface area contributed by atoms with Gasteiger partial charge in [-0.25, -0.2) is 4.79 Å². The van der Waals surface area contributed by atoms with Crippen molar-refractivity contribution in [3.63, 3.8) is 0 Å². The highest BCUT2D eigenvalue weighted by atomic mass is 35.5. The van der Waals surface area contributed by atoms with E-state index >= 15 is 0 Å². The maximum absolute atomic E-state index is 12.2. The fraction of sp³-hybridized carbons (Fsp3) is 0.462. The molecule has 0 bridgehead atoms. The van der Waals surface area contributed by atoms with Crippen molar-refractivity contribution in [2.24, 2.45) is 0 Å². The van der Waals surface area contributed by atoms with Crippen LogP contribution < -0.4 is 5.32 Å². The lowest BCUT2D eigenvalue weighted by Gasteiger charge is -2.14. The fourth-order valence-electron chi connectivity index (χ4n) is 2.04. The number of aliphatic carboxylic acids is 2. The Kier molecular flexibility index (Phi) is 4.52. The van der Waals surface area contributed by atoms with Gasteiger partial charge in [-0.05, 0) is 25.3 Å². The largest absolute Gasteiger partial charge is 0.481 e. The third kappa shape index (κ3) is 3.98. The number of nitrogens with zero attached hydrogens (tertiary/aromatic N) is 1. The van der Waals surface area contributed by atoms with Crippen LogP contribution in [-0.2, 0) is 9.59 Å². The van der Waals surface area contributed by atoms with Gasteiger partial charge >= 0.3 is 11.9 Å². The minimum Gasteiger partial charge on any atom is -0.481 e. The van der Waals surface area contributed by atoms with E-state index in [9.17, 15) is 14.4 Å². The third-order valence-corrected chi connectivity index (χ3v) is 3.45. The summed E-state index contributed by atoms with van der Waals surface area (Å²) >= 11 is 5.89. The number of hydrogen-bond donors (Lipinski definition) is 3. The molecule has 0 aliphatic heterocycles. The Morgan fingerprint density at radius 2 is 2.05 bits per heavy atom. The standard InChI is InChI=1S/C13H15ClN2O5/c14-7-5-10(16(6-7)8-1-2-8)12(19)15-9(13(20)21)3-4-11(17)18/h5-6,8-9H,1-4H2,(H,15,19)(H,17,18)(H,20,21). The second-order valence-electron chi connectivity index (χ2n) is 4.98. The summed E-state index contributed by atoms with van der Waals surface area (Å²) in [6.07, 6.45) is 3.04. The van der Waals surface area contributed by atoms with E-state index in [1.165, 1.54) is 6.07 Å². The minimum atomic E-state index is -1.26. The van der Waals surface area contributed by atoms with Gasteiger partial charge in [-0.3, -0.25) is 9.59 Å². The van der Waals surface area contributed by atoms with E-state index in [1.807, 2.05) is 0 Å². The van der Waals surface area contributed by atoms with Gasteiger partial charge in [0.05, 0.1) is 5.02 Å². The molecular weight excluding hydrogens is 300 g/mol. The van der Waals surface area contributed by atoms with Crippen LogP contribution in [0.3, 0.4) is 0 Å². The first-order chi connectivity index (χ1) is 9.88. The summed E-state index contributed by atoms with van der Waals surface area (Å²) in [6.45, 7) is 0. The lowest BCUT2D eigenvalue weighted by atomic mass is 10.1. The summed E-state index contributed by atoms with van der Waals surface area (Å²) in [5.74, 6) is -2.94. The van der Waals surface area contributed by atoms with Crippen molar-refractivity contribution in [2.75, 3.05) is 0 Å². The molecule has 1 saturated carbocycles. The molecule has 8 heteroatoms. The van der Waals surface area contributed by atoms with Crippen LogP contribution in [0.4, 0.5) is 0 Å². The molecule has 0 aromatic carbocycles. The quantitative estimate of drug-likeness (QED) is 0.707. The minimum absolute atomic E-state index is 0.172. The molecule has 0 saturated heterocycles. The van der Waals surface area contributed by atoms with Crippen LogP contribution in [0.25, 0.3) is 0 Å². The molecule has 1 aromatic rings. The number of carboxylic acid groups (broad SMARTS) is 2. The Balaban J connectivity index is 2.08. The van der Waals surface area contributed by atoms with Gasteiger partial charge in [0.25, 0.3) is 5.91 Å². The molecule has 1 fully saturated rings. The van der Waals surface area contributed by atoms with E-state index in [0.29, 0.717) is 10.7 Å². The number of amides is 1. The van der Waals surface area contributed by atoms with Gasteiger partial charge in [-0.2, -0.15) is 0 Å². The summed E-state index contributed by atoms with van der Waals surface area (Å²) in [7, 11) is 0. The van der Waals surface area contributed by atoms with Crippen molar-refractivity contribution in [2.45, 2.75) is 37.8 Å². The molecule has 1 unspecified atom stereocenters. The number of rotatable bonds is 7. The van der Waals surface area contributed by atoms with Crippen molar-refractivity contribution in [3.05, 3.63) is 23.0 Å². The average molecular weight is 315 g/mol. The molecule has 1 aromatic heterocycles. The number of hydrogen-bond acceptors (Lipinski definition) is 3. The normalized spacial score (nSPS) is 15.5. The van der Waals surface area contributed by atoms with Crippen molar-refractivity contribution in [1.29, 1.82) is 0 Å². The Morgan fingerprint density at radius 3 is 2.57 bits per heavy atom. The van der Waals surface area contributed by atoms with Crippen LogP contribution in [0.2, 0.25) is 5.02 Å². The number of aromatic nitrogens is 1. The van der Waals surface area contributed by atoms with E-state index < -0.39 is 23.9 Å². The predicted molar refractivity (Wildman–Crippen MR) is 73.5 cm³/mol. The number of carbonyl (C=O) groups is 3. The van der Waals surface area contributed by atoms with Crippen LogP contribution in [0.15, 0.2) is 12.3 Å². The van der Waals surface area contributed by atoms with Crippen molar-refractivity contribution in [1.82, 2.24) is 9.88 Å². The van der Waals surface area contributed by atoms with Crippen LogP contribution >= 0.6 is 11.6 Å². The molecule has 114 valence electrons. The Bertz CT molecular complexity index is 579. The number of carbonyl (C=O) groups excluding carboxylic acids is 1. The number of halogens is 1. The molecule has 0 spiro atoms. The Labute approximate surface area is 125 Å². The van der Waals surface area contributed by atoms with E-state index in [0.717, 1.165) is 12.8 Å². The van der Waals surface area contributed by atoms with Gasteiger partial charge in [0.2, 0.25) is 0 Å². The average Bonchev–Trinajstić information content (AvgIpc) is 3.16. The van der Waals surface area contributed by atoms with Crippen LogP contribution in [0.5, 0.6) is 0 Å². The second kappa shape index (κ2) is 6.17. The Morgan fingerprint density at radius 1 is 1.38 bits per heavy atom. The fourth-order valence-corrected chi connectivity index (χ4v) is 2.25. The maximum atomic E-state index is 12.2. The summed E-state index contributed by atoms with van der Waals surface area (Å²) in [4.78, 5) is 33.8. The smallest absolute Gasteiger partial charge is 0.326 e. The van der Waals surface area contributed by atoms with Crippen LogP contribution in [0, 0.1) is 0 Å². The van der Waals surface area contributed by atoms with Crippen molar-refractivity contribution in [3.8, 4) is 0 Å². The molecule has 21 heavy (non-hydrogen) atoms. The van der Waals surface area contributed by atoms with Crippen molar-refractivity contribution < 1.29 is 24.6 Å². The third-order valence-electron chi connectivity index (χ3n) is 3.24. The van der Waals surface area contributed by atoms with Crippen molar-refractivity contribution >= 4 is 29.4 Å². The lowest BCUT2D eigenvalue weighted by molar-refractivity contribution is -0.140. The molecular formula is C13H15ClN2O5. The molecule has 0 radical (unpaired) electrons. The second-order valence-corrected chi connectivity index (χ2v) is 5.42. The summed E-state index contributed by atoms with van der Waals surface area (Å²) in [6, 6.07) is 0.459. The topological polar surface area (TPSA) is 109 Å². The van der Waals surface area contributed by atoms with E-state index in [2.05, 4.69) is 5.32 Å². The van der Waals surface area contributed by atoms with Gasteiger partial charge in [-0.1, -0.05) is 11.6 Å². The summed E-state index contributed by atoms with van der Waals surface area (Å²) < 4.78 is 1.73. The zero-order chi connectivity index (χ0) is 15.6. The zero-order valence-electron chi connectivity index (χ0n) is 11.1. The molecule has 1 heterocycles. The van der Waals surface area contributed by atoms with E-state index in [4.69, 9.17) is 21.8 Å². The lowest BCUT2D eigenvalue weighted by Crippen LogP contribution is -2.41. The van der Waals surface area contributed by atoms with Gasteiger partial charge in [0.1, 0.15) is 11.7 Å². The first kappa shape index (κ1) is 15.4. The molecule has 1 amide bonds. The summed E-state index contributed by atoms with van der Waals surface area (Å²) in [5, 5.41) is 20.4. The first-order valence-corrected chi connectivity index (χ1v) is 6.89. The highest BCUT2D eigenvalue weighted by Gasteiger charge is 2.29. The first-order valence-electron chi connectivity index (χ1n) is 6.51. The van der Waals surface area contributed by atoms with Gasteiger partial charge in [0.15, 0.2) is 0 Å². The number of nitrogens with one attached hydrogen (secondary N) is 1. The number of carboxylic acids is 2. The molecule has 1 aliphatic rings. The SMILES string of the molecule is O=C(O)CCC(NC(=O)c1cc(Cl)cn1C1CC1)C(=O)O. The highest BCUT2D eigenvalue weighted by molar-refractivity contribution is 6.31. The van der Waals surface area contributed by atoms with Gasteiger partial charge < -0.3 is 20.1 Å². The molecule has 1 atom stereocenters. The molecule has 3 N–H and O–H groups in total. The molecule has 7 nitrogen and oxygen atoms in total. The molecule has 2 rings (SSSR count). The van der Waals surface area contributed by atoms with Crippen LogP contribution in [-0.4, -0.2) is 38.7 Å². The predicted octanol–water partition coefficient (Wildman–Crippen LogP) is 1.52. The van der Waals surface area contributed by atoms with Gasteiger partial charge in [0, 0.05) is 18.7 Å². The zero-order valence-corrected chi connectivity index (χ0v) is 11.8. The Hall–Kier alpha value is -2.02. The molecule has 1 aliphatic carbocycles. The highest BCUT2D eigenvalue weighted by Crippen LogP contribution is 2.37. The van der Waals surface area contributed by atoms with E-state index in [1.54, 1.807) is 10.8 Å². The monoisotopic (exact) mass is 314 g/mol. The van der Waals surface area contributed by atoms with Crippen LogP contribution in [0.1, 0.15) is 42.2 Å². The maximum Gasteiger partial charge on any atom is 0.326 e. The summed E-state index contributed by atoms with van der Waals surface area (Å²) in [5.41, 5.74) is 0.295.